The van der Waals surface area contributed by atoms with E-state index in [-0.39, 0.29) is 24.5 Å². The van der Waals surface area contributed by atoms with Crippen LogP contribution >= 0.6 is 0 Å². The maximum atomic E-state index is 11.9. The van der Waals surface area contributed by atoms with Crippen molar-refractivity contribution >= 4 is 11.9 Å². The summed E-state index contributed by atoms with van der Waals surface area (Å²) >= 11 is 0. The van der Waals surface area contributed by atoms with Crippen LogP contribution in [0.1, 0.15) is 33.1 Å². The fourth-order valence-corrected chi connectivity index (χ4v) is 1.75. The van der Waals surface area contributed by atoms with Crippen LogP contribution < -0.4 is 5.32 Å². The summed E-state index contributed by atoms with van der Waals surface area (Å²) < 4.78 is 0. The van der Waals surface area contributed by atoms with E-state index in [1.807, 2.05) is 13.8 Å². The molecule has 2 N–H and O–H groups in total. The van der Waals surface area contributed by atoms with Gasteiger partial charge in [-0.25, -0.2) is 0 Å². The van der Waals surface area contributed by atoms with Crippen LogP contribution in [0.25, 0.3) is 0 Å². The van der Waals surface area contributed by atoms with Crippen LogP contribution in [0.3, 0.4) is 0 Å². The molecule has 0 aromatic rings. The molecule has 1 unspecified atom stereocenters. The summed E-state index contributed by atoms with van der Waals surface area (Å²) in [5.74, 6) is -0.991. The van der Waals surface area contributed by atoms with Gasteiger partial charge in [-0.2, -0.15) is 0 Å². The number of rotatable bonds is 7. The van der Waals surface area contributed by atoms with Crippen LogP contribution in [-0.2, 0) is 9.59 Å². The largest absolute Gasteiger partial charge is 0.480 e. The smallest absolute Gasteiger partial charge is 0.323 e. The van der Waals surface area contributed by atoms with Crippen LogP contribution in [0.2, 0.25) is 0 Å². The highest BCUT2D eigenvalue weighted by atomic mass is 16.4. The third-order valence-electron chi connectivity index (χ3n) is 2.65. The lowest BCUT2D eigenvalue weighted by molar-refractivity contribution is -0.145. The summed E-state index contributed by atoms with van der Waals surface area (Å²) in [6.45, 7) is 4.57. The average molecular weight is 228 g/mol. The quantitative estimate of drug-likeness (QED) is 0.664. The van der Waals surface area contributed by atoms with Crippen molar-refractivity contribution in [3.63, 3.8) is 0 Å². The van der Waals surface area contributed by atoms with Crippen molar-refractivity contribution in [2.45, 2.75) is 45.2 Å². The highest BCUT2D eigenvalue weighted by Crippen LogP contribution is 2.27. The fraction of sp³-hybridized carbons (Fsp3) is 0.818. The lowest BCUT2D eigenvalue weighted by atomic mass is 10.2. The first-order valence-corrected chi connectivity index (χ1v) is 5.79. The number of carboxylic acid groups (broad SMARTS) is 1. The molecule has 1 amide bonds. The molecule has 0 aliphatic heterocycles. The fourth-order valence-electron chi connectivity index (χ4n) is 1.75. The van der Waals surface area contributed by atoms with E-state index >= 15 is 0 Å². The SMILES string of the molecule is CCNC(C)CC(=O)N(CC(=O)O)C1CC1. The first kappa shape index (κ1) is 13.0. The number of hydrogen-bond acceptors (Lipinski definition) is 3. The summed E-state index contributed by atoms with van der Waals surface area (Å²) in [5, 5.41) is 11.9. The minimum atomic E-state index is -0.934. The van der Waals surface area contributed by atoms with E-state index in [0.29, 0.717) is 6.42 Å². The lowest BCUT2D eigenvalue weighted by Gasteiger charge is -2.22. The molecule has 5 nitrogen and oxygen atoms in total. The zero-order valence-electron chi connectivity index (χ0n) is 9.90. The summed E-state index contributed by atoms with van der Waals surface area (Å²) in [6.07, 6.45) is 2.25. The molecule has 1 saturated carbocycles. The minimum absolute atomic E-state index is 0.0571. The molecule has 0 bridgehead atoms. The van der Waals surface area contributed by atoms with Crippen LogP contribution in [0.5, 0.6) is 0 Å². The molecule has 1 rings (SSSR count). The Morgan fingerprint density at radius 1 is 1.50 bits per heavy atom. The zero-order valence-corrected chi connectivity index (χ0v) is 9.90. The van der Waals surface area contributed by atoms with Crippen LogP contribution in [-0.4, -0.2) is 47.1 Å². The van der Waals surface area contributed by atoms with Gasteiger partial charge in [0.1, 0.15) is 6.54 Å². The molecule has 5 heteroatoms. The van der Waals surface area contributed by atoms with Gasteiger partial charge >= 0.3 is 5.97 Å². The zero-order chi connectivity index (χ0) is 12.1. The predicted molar refractivity (Wildman–Crippen MR) is 60.1 cm³/mol. The Morgan fingerprint density at radius 3 is 2.56 bits per heavy atom. The molecule has 0 aromatic carbocycles. The Hall–Kier alpha value is -1.10. The lowest BCUT2D eigenvalue weighted by Crippen LogP contribution is -2.40. The van der Waals surface area contributed by atoms with Gasteiger partial charge in [0.05, 0.1) is 0 Å². The maximum Gasteiger partial charge on any atom is 0.323 e. The minimum Gasteiger partial charge on any atom is -0.480 e. The van der Waals surface area contributed by atoms with Gasteiger partial charge in [-0.05, 0) is 26.3 Å². The van der Waals surface area contributed by atoms with Gasteiger partial charge in [-0.1, -0.05) is 6.92 Å². The van der Waals surface area contributed by atoms with Crippen molar-refractivity contribution in [1.29, 1.82) is 0 Å². The molecule has 1 aliphatic rings. The summed E-state index contributed by atoms with van der Waals surface area (Å²) in [6, 6.07) is 0.268. The highest BCUT2D eigenvalue weighted by molar-refractivity contribution is 5.82. The van der Waals surface area contributed by atoms with Gasteiger partial charge in [0.2, 0.25) is 5.91 Å². The molecule has 0 spiro atoms. The van der Waals surface area contributed by atoms with Gasteiger partial charge in [-0.15, -0.1) is 0 Å². The Labute approximate surface area is 95.8 Å². The molecular formula is C11H20N2O3. The number of carboxylic acids is 1. The number of nitrogens with zero attached hydrogens (tertiary/aromatic N) is 1. The average Bonchev–Trinajstić information content (AvgIpc) is 2.97. The topological polar surface area (TPSA) is 69.6 Å². The second-order valence-electron chi connectivity index (χ2n) is 4.31. The molecule has 0 aromatic heterocycles. The molecule has 1 aliphatic carbocycles. The molecule has 16 heavy (non-hydrogen) atoms. The van der Waals surface area contributed by atoms with Crippen LogP contribution in [0.15, 0.2) is 0 Å². The molecule has 1 atom stereocenters. The van der Waals surface area contributed by atoms with E-state index in [1.165, 1.54) is 4.90 Å². The monoisotopic (exact) mass is 228 g/mol. The van der Waals surface area contributed by atoms with Gasteiger partial charge in [0.25, 0.3) is 0 Å². The van der Waals surface area contributed by atoms with Crippen LogP contribution in [0.4, 0.5) is 0 Å². The Bertz CT molecular complexity index is 264. The van der Waals surface area contributed by atoms with Crippen molar-refractivity contribution in [3.8, 4) is 0 Å². The molecule has 1 fully saturated rings. The Kier molecular flexibility index (Phi) is 4.73. The van der Waals surface area contributed by atoms with Gasteiger partial charge in [0.15, 0.2) is 0 Å². The van der Waals surface area contributed by atoms with Gasteiger partial charge < -0.3 is 15.3 Å². The number of amides is 1. The van der Waals surface area contributed by atoms with E-state index < -0.39 is 5.97 Å². The predicted octanol–water partition coefficient (Wildman–Crippen LogP) is 0.450. The Morgan fingerprint density at radius 2 is 2.12 bits per heavy atom. The molecular weight excluding hydrogens is 208 g/mol. The van der Waals surface area contributed by atoms with Crippen molar-refractivity contribution < 1.29 is 14.7 Å². The second kappa shape index (κ2) is 5.84. The van der Waals surface area contributed by atoms with Crippen molar-refractivity contribution in [1.82, 2.24) is 10.2 Å². The molecule has 0 radical (unpaired) electrons. The third-order valence-corrected chi connectivity index (χ3v) is 2.65. The summed E-state index contributed by atoms with van der Waals surface area (Å²) in [7, 11) is 0. The summed E-state index contributed by atoms with van der Waals surface area (Å²) in [4.78, 5) is 24.0. The van der Waals surface area contributed by atoms with Gasteiger partial charge in [-0.3, -0.25) is 9.59 Å². The highest BCUT2D eigenvalue weighted by Gasteiger charge is 2.33. The van der Waals surface area contributed by atoms with Gasteiger partial charge in [0, 0.05) is 18.5 Å². The molecule has 0 saturated heterocycles. The first-order valence-electron chi connectivity index (χ1n) is 5.79. The number of hydrogen-bond donors (Lipinski definition) is 2. The van der Waals surface area contributed by atoms with E-state index in [4.69, 9.17) is 5.11 Å². The Balaban J connectivity index is 2.44. The third kappa shape index (κ3) is 4.18. The number of aliphatic carboxylic acids is 1. The molecule has 92 valence electrons. The summed E-state index contributed by atoms with van der Waals surface area (Å²) in [5.41, 5.74) is 0. The standard InChI is InChI=1S/C11H20N2O3/c1-3-12-8(2)6-10(14)13(7-11(15)16)9-4-5-9/h8-9,12H,3-7H2,1-2H3,(H,15,16). The molecule has 0 heterocycles. The van der Waals surface area contributed by atoms with Crippen molar-refractivity contribution in [2.24, 2.45) is 0 Å². The maximum absolute atomic E-state index is 11.9. The van der Waals surface area contributed by atoms with Crippen molar-refractivity contribution in [2.75, 3.05) is 13.1 Å². The van der Waals surface area contributed by atoms with E-state index in [0.717, 1.165) is 19.4 Å². The number of nitrogens with one attached hydrogen (secondary N) is 1. The van der Waals surface area contributed by atoms with E-state index in [1.54, 1.807) is 0 Å². The van der Waals surface area contributed by atoms with E-state index in [2.05, 4.69) is 5.32 Å². The van der Waals surface area contributed by atoms with Crippen LogP contribution in [0, 0.1) is 0 Å². The van der Waals surface area contributed by atoms with E-state index in [9.17, 15) is 9.59 Å². The number of carbonyl (C=O) groups excluding carboxylic acids is 1. The first-order chi connectivity index (χ1) is 7.54. The normalized spacial score (nSPS) is 16.9. The van der Waals surface area contributed by atoms with Crippen molar-refractivity contribution in [3.05, 3.63) is 0 Å². The second-order valence-corrected chi connectivity index (χ2v) is 4.31. The number of carbonyl (C=O) groups is 2.